The minimum absolute atomic E-state index is 0.401. The standard InChI is InChI=1S/C16H28N2O2/c1-13(2)10-17-11-16-14(6-9-19-16)12-20-15-4-7-18(3)8-5-15/h6,9,13,15,17H,4-5,7-8,10-12H2,1-3H3. The molecule has 0 radical (unpaired) electrons. The number of nitrogens with zero attached hydrogens (tertiary/aromatic N) is 1. The summed E-state index contributed by atoms with van der Waals surface area (Å²) in [6.07, 6.45) is 4.43. The molecule has 1 aliphatic heterocycles. The van der Waals surface area contributed by atoms with Gasteiger partial charge >= 0.3 is 0 Å². The second-order valence-corrected chi connectivity index (χ2v) is 6.21. The maximum absolute atomic E-state index is 6.03. The Balaban J connectivity index is 1.74. The van der Waals surface area contributed by atoms with E-state index in [1.165, 1.54) is 5.56 Å². The molecule has 1 fully saturated rings. The summed E-state index contributed by atoms with van der Waals surface area (Å²) < 4.78 is 11.6. The molecule has 114 valence electrons. The van der Waals surface area contributed by atoms with Crippen molar-refractivity contribution in [2.24, 2.45) is 5.92 Å². The number of furan rings is 1. The normalized spacial score (nSPS) is 18.0. The zero-order valence-corrected chi connectivity index (χ0v) is 13.0. The Labute approximate surface area is 122 Å². The highest BCUT2D eigenvalue weighted by Gasteiger charge is 2.17. The van der Waals surface area contributed by atoms with Gasteiger partial charge in [-0.25, -0.2) is 0 Å². The average molecular weight is 280 g/mol. The van der Waals surface area contributed by atoms with Crippen LogP contribution in [0.25, 0.3) is 0 Å². The molecule has 0 aliphatic carbocycles. The van der Waals surface area contributed by atoms with Crippen molar-refractivity contribution in [3.8, 4) is 0 Å². The van der Waals surface area contributed by atoms with E-state index >= 15 is 0 Å². The molecule has 4 nitrogen and oxygen atoms in total. The van der Waals surface area contributed by atoms with E-state index in [-0.39, 0.29) is 0 Å². The van der Waals surface area contributed by atoms with Crippen LogP contribution in [0, 0.1) is 5.92 Å². The molecule has 1 saturated heterocycles. The molecule has 0 unspecified atom stereocenters. The van der Waals surface area contributed by atoms with E-state index in [2.05, 4.69) is 31.1 Å². The zero-order valence-electron chi connectivity index (χ0n) is 13.0. The Kier molecular flexibility index (Phi) is 6.07. The van der Waals surface area contributed by atoms with Crippen molar-refractivity contribution in [1.29, 1.82) is 0 Å². The Bertz CT molecular complexity index is 382. The van der Waals surface area contributed by atoms with Crippen LogP contribution >= 0.6 is 0 Å². The molecule has 0 amide bonds. The fraction of sp³-hybridized carbons (Fsp3) is 0.750. The lowest BCUT2D eigenvalue weighted by Gasteiger charge is -2.28. The van der Waals surface area contributed by atoms with Crippen LogP contribution in [0.1, 0.15) is 38.0 Å². The highest BCUT2D eigenvalue weighted by atomic mass is 16.5. The van der Waals surface area contributed by atoms with Crippen LogP contribution in [0.4, 0.5) is 0 Å². The Morgan fingerprint density at radius 2 is 2.15 bits per heavy atom. The quantitative estimate of drug-likeness (QED) is 0.833. The third kappa shape index (κ3) is 4.93. The SMILES string of the molecule is CC(C)CNCc1occc1COC1CCN(C)CC1. The summed E-state index contributed by atoms with van der Waals surface area (Å²) in [5.74, 6) is 1.67. The van der Waals surface area contributed by atoms with Crippen LogP contribution in [0.3, 0.4) is 0 Å². The van der Waals surface area contributed by atoms with Crippen LogP contribution in [0.2, 0.25) is 0 Å². The van der Waals surface area contributed by atoms with Gasteiger partial charge in [0.2, 0.25) is 0 Å². The predicted molar refractivity (Wildman–Crippen MR) is 80.6 cm³/mol. The average Bonchev–Trinajstić information content (AvgIpc) is 2.85. The van der Waals surface area contributed by atoms with Crippen LogP contribution in [-0.4, -0.2) is 37.7 Å². The topological polar surface area (TPSA) is 37.6 Å². The van der Waals surface area contributed by atoms with E-state index in [0.29, 0.717) is 18.6 Å². The third-order valence-corrected chi connectivity index (χ3v) is 3.82. The van der Waals surface area contributed by atoms with Gasteiger partial charge in [-0.3, -0.25) is 0 Å². The first-order valence-electron chi connectivity index (χ1n) is 7.71. The first-order valence-corrected chi connectivity index (χ1v) is 7.71. The largest absolute Gasteiger partial charge is 0.468 e. The molecule has 2 rings (SSSR count). The third-order valence-electron chi connectivity index (χ3n) is 3.82. The molecular formula is C16H28N2O2. The number of nitrogens with one attached hydrogen (secondary N) is 1. The van der Waals surface area contributed by atoms with Gasteiger partial charge in [0.25, 0.3) is 0 Å². The summed E-state index contributed by atoms with van der Waals surface area (Å²) in [6.45, 7) is 9.16. The minimum atomic E-state index is 0.401. The number of piperidine rings is 1. The molecule has 4 heteroatoms. The summed E-state index contributed by atoms with van der Waals surface area (Å²) in [6, 6.07) is 2.03. The minimum Gasteiger partial charge on any atom is -0.468 e. The van der Waals surface area contributed by atoms with Gasteiger partial charge < -0.3 is 19.4 Å². The van der Waals surface area contributed by atoms with Gasteiger partial charge in [-0.05, 0) is 38.4 Å². The van der Waals surface area contributed by atoms with Crippen molar-refractivity contribution < 1.29 is 9.15 Å². The maximum Gasteiger partial charge on any atom is 0.123 e. The van der Waals surface area contributed by atoms with E-state index < -0.39 is 0 Å². The van der Waals surface area contributed by atoms with Gasteiger partial charge in [-0.2, -0.15) is 0 Å². The monoisotopic (exact) mass is 280 g/mol. The molecule has 1 aromatic heterocycles. The maximum atomic E-state index is 6.03. The number of likely N-dealkylation sites (tertiary alicyclic amines) is 1. The van der Waals surface area contributed by atoms with E-state index in [1.54, 1.807) is 6.26 Å². The summed E-state index contributed by atoms with van der Waals surface area (Å²) in [5.41, 5.74) is 1.18. The fourth-order valence-electron chi connectivity index (χ4n) is 2.48. The molecule has 0 spiro atoms. The van der Waals surface area contributed by atoms with Crippen molar-refractivity contribution >= 4 is 0 Å². The van der Waals surface area contributed by atoms with Gasteiger partial charge in [0.05, 0.1) is 25.5 Å². The first-order chi connectivity index (χ1) is 9.65. The van der Waals surface area contributed by atoms with Crippen molar-refractivity contribution in [3.05, 3.63) is 23.7 Å². The Morgan fingerprint density at radius 3 is 2.85 bits per heavy atom. The van der Waals surface area contributed by atoms with Crippen molar-refractivity contribution in [1.82, 2.24) is 10.2 Å². The van der Waals surface area contributed by atoms with Gasteiger partial charge in [0, 0.05) is 18.7 Å². The molecule has 2 heterocycles. The second-order valence-electron chi connectivity index (χ2n) is 6.21. The van der Waals surface area contributed by atoms with Crippen molar-refractivity contribution in [3.63, 3.8) is 0 Å². The van der Waals surface area contributed by atoms with E-state index in [4.69, 9.17) is 9.15 Å². The Hall–Kier alpha value is -0.840. The van der Waals surface area contributed by atoms with Crippen molar-refractivity contribution in [2.45, 2.75) is 45.9 Å². The molecule has 0 atom stereocenters. The predicted octanol–water partition coefficient (Wildman–Crippen LogP) is 2.64. The lowest BCUT2D eigenvalue weighted by Crippen LogP contribution is -2.34. The molecule has 0 saturated carbocycles. The molecule has 20 heavy (non-hydrogen) atoms. The van der Waals surface area contributed by atoms with Crippen LogP contribution in [0.5, 0.6) is 0 Å². The molecule has 1 aliphatic rings. The van der Waals surface area contributed by atoms with Crippen LogP contribution in [-0.2, 0) is 17.9 Å². The lowest BCUT2D eigenvalue weighted by molar-refractivity contribution is 0.00156. The summed E-state index contributed by atoms with van der Waals surface area (Å²) >= 11 is 0. The number of hydrogen-bond acceptors (Lipinski definition) is 4. The van der Waals surface area contributed by atoms with E-state index in [0.717, 1.165) is 44.8 Å². The first kappa shape index (κ1) is 15.5. The molecular weight excluding hydrogens is 252 g/mol. The highest BCUT2D eigenvalue weighted by molar-refractivity contribution is 5.15. The van der Waals surface area contributed by atoms with Crippen molar-refractivity contribution in [2.75, 3.05) is 26.7 Å². The number of hydrogen-bond donors (Lipinski definition) is 1. The smallest absolute Gasteiger partial charge is 0.123 e. The number of ether oxygens (including phenoxy) is 1. The van der Waals surface area contributed by atoms with Gasteiger partial charge in [-0.15, -0.1) is 0 Å². The molecule has 0 aromatic carbocycles. The summed E-state index contributed by atoms with van der Waals surface area (Å²) in [7, 11) is 2.17. The number of rotatable bonds is 7. The summed E-state index contributed by atoms with van der Waals surface area (Å²) in [4.78, 5) is 2.36. The summed E-state index contributed by atoms with van der Waals surface area (Å²) in [5, 5.41) is 3.42. The molecule has 1 aromatic rings. The molecule has 0 bridgehead atoms. The lowest BCUT2D eigenvalue weighted by atomic mass is 10.1. The van der Waals surface area contributed by atoms with E-state index in [9.17, 15) is 0 Å². The van der Waals surface area contributed by atoms with Gasteiger partial charge in [0.15, 0.2) is 0 Å². The Morgan fingerprint density at radius 1 is 1.40 bits per heavy atom. The van der Waals surface area contributed by atoms with Crippen LogP contribution < -0.4 is 5.32 Å². The second kappa shape index (κ2) is 7.81. The van der Waals surface area contributed by atoms with Gasteiger partial charge in [0.1, 0.15) is 5.76 Å². The highest BCUT2D eigenvalue weighted by Crippen LogP contribution is 2.17. The molecule has 1 N–H and O–H groups in total. The van der Waals surface area contributed by atoms with Gasteiger partial charge in [-0.1, -0.05) is 13.8 Å². The fourth-order valence-corrected chi connectivity index (χ4v) is 2.48. The van der Waals surface area contributed by atoms with Crippen LogP contribution in [0.15, 0.2) is 16.7 Å². The van der Waals surface area contributed by atoms with E-state index in [1.807, 2.05) is 6.07 Å². The zero-order chi connectivity index (χ0) is 14.4.